The van der Waals surface area contributed by atoms with Gasteiger partial charge >= 0.3 is 0 Å². The van der Waals surface area contributed by atoms with Gasteiger partial charge in [-0.05, 0) is 44.2 Å². The fourth-order valence-corrected chi connectivity index (χ4v) is 4.84. The molecule has 5 rings (SSSR count). The summed E-state index contributed by atoms with van der Waals surface area (Å²) in [5.41, 5.74) is 4.61. The van der Waals surface area contributed by atoms with Crippen LogP contribution in [0.2, 0.25) is 0 Å². The Balaban J connectivity index is 1.53. The van der Waals surface area contributed by atoms with Crippen molar-refractivity contribution in [3.8, 4) is 11.3 Å². The van der Waals surface area contributed by atoms with Gasteiger partial charge in [0.05, 0.1) is 11.4 Å². The van der Waals surface area contributed by atoms with Gasteiger partial charge in [-0.2, -0.15) is 0 Å². The van der Waals surface area contributed by atoms with Gasteiger partial charge in [-0.1, -0.05) is 34.1 Å². The lowest BCUT2D eigenvalue weighted by molar-refractivity contribution is 0.0828. The average molecular weight is 411 g/mol. The second-order valence-electron chi connectivity index (χ2n) is 7.59. The van der Waals surface area contributed by atoms with Gasteiger partial charge in [0.2, 0.25) is 0 Å². The number of piperazine rings is 1. The summed E-state index contributed by atoms with van der Waals surface area (Å²) in [5.74, 6) is 0. The van der Waals surface area contributed by atoms with E-state index < -0.39 is 0 Å². The highest BCUT2D eigenvalue weighted by Gasteiger charge is 2.37. The molecule has 2 atom stereocenters. The van der Waals surface area contributed by atoms with E-state index in [0.717, 1.165) is 35.4 Å². The Morgan fingerprint density at radius 2 is 1.77 bits per heavy atom. The molecule has 0 saturated carbocycles. The average Bonchev–Trinajstić information content (AvgIpc) is 3.08. The van der Waals surface area contributed by atoms with E-state index in [0.29, 0.717) is 12.1 Å². The van der Waals surface area contributed by atoms with Crippen LogP contribution in [0.5, 0.6) is 0 Å². The molecule has 2 saturated heterocycles. The number of fused-ring (bicyclic) bond motifs is 3. The molecular weight excluding hydrogens is 388 g/mol. The largest absolute Gasteiger partial charge is 0.302 e. The first-order valence-corrected chi connectivity index (χ1v) is 10.1. The number of hydrogen-bond donors (Lipinski definition) is 0. The van der Waals surface area contributed by atoms with Crippen LogP contribution in [0.4, 0.5) is 0 Å². The zero-order valence-corrected chi connectivity index (χ0v) is 16.6. The second-order valence-corrected chi connectivity index (χ2v) is 8.50. The van der Waals surface area contributed by atoms with Crippen LogP contribution in [0, 0.1) is 0 Å². The molecule has 26 heavy (non-hydrogen) atoms. The summed E-state index contributed by atoms with van der Waals surface area (Å²) in [7, 11) is 2.29. The molecule has 5 heteroatoms. The molecule has 0 spiro atoms. The molecule has 2 aromatic heterocycles. The van der Waals surface area contributed by atoms with Crippen molar-refractivity contribution in [2.45, 2.75) is 31.5 Å². The number of likely N-dealkylation sites (tertiary alicyclic amines) is 1. The Bertz CT molecular complexity index is 919. The molecule has 0 amide bonds. The van der Waals surface area contributed by atoms with E-state index in [1.54, 1.807) is 0 Å². The van der Waals surface area contributed by atoms with E-state index in [9.17, 15) is 0 Å². The van der Waals surface area contributed by atoms with E-state index in [1.165, 1.54) is 24.1 Å². The van der Waals surface area contributed by atoms with Crippen molar-refractivity contribution >= 4 is 21.6 Å². The highest BCUT2D eigenvalue weighted by molar-refractivity contribution is 9.10. The van der Waals surface area contributed by atoms with Gasteiger partial charge in [-0.3, -0.25) is 9.80 Å². The quantitative estimate of drug-likeness (QED) is 0.650. The number of benzene rings is 1. The van der Waals surface area contributed by atoms with Crippen LogP contribution in [0.25, 0.3) is 16.9 Å². The van der Waals surface area contributed by atoms with E-state index in [-0.39, 0.29) is 0 Å². The maximum atomic E-state index is 4.96. The predicted octanol–water partition coefficient (Wildman–Crippen LogP) is 4.04. The number of imidazole rings is 1. The number of nitrogens with zero attached hydrogens (tertiary/aromatic N) is 4. The van der Waals surface area contributed by atoms with Gasteiger partial charge in [0.25, 0.3) is 0 Å². The Kier molecular flexibility index (Phi) is 4.11. The molecule has 0 radical (unpaired) electrons. The first-order valence-electron chi connectivity index (χ1n) is 9.35. The van der Waals surface area contributed by atoms with Gasteiger partial charge in [0.15, 0.2) is 0 Å². The minimum atomic E-state index is 0.712. The lowest BCUT2D eigenvalue weighted by atomic mass is 10.1. The highest BCUT2D eigenvalue weighted by atomic mass is 79.9. The topological polar surface area (TPSA) is 23.8 Å². The summed E-state index contributed by atoms with van der Waals surface area (Å²) < 4.78 is 3.36. The molecule has 3 aromatic rings. The van der Waals surface area contributed by atoms with Crippen molar-refractivity contribution in [2.75, 3.05) is 20.1 Å². The van der Waals surface area contributed by atoms with Crippen molar-refractivity contribution < 1.29 is 0 Å². The predicted molar refractivity (Wildman–Crippen MR) is 108 cm³/mol. The van der Waals surface area contributed by atoms with Crippen LogP contribution in [-0.4, -0.2) is 51.4 Å². The lowest BCUT2D eigenvalue weighted by Gasteiger charge is -2.38. The third-order valence-corrected chi connectivity index (χ3v) is 6.57. The summed E-state index contributed by atoms with van der Waals surface area (Å²) in [6, 6.07) is 16.2. The molecule has 134 valence electrons. The van der Waals surface area contributed by atoms with Crippen LogP contribution in [0.15, 0.2) is 53.1 Å². The SMILES string of the molecule is CN1C2CCC1CN(Cc1c(-c3ccc(Br)cc3)nc3ccccn13)C2. The van der Waals surface area contributed by atoms with E-state index in [4.69, 9.17) is 4.98 Å². The molecule has 4 heterocycles. The normalized spacial score (nSPS) is 23.8. The second kappa shape index (κ2) is 6.48. The number of pyridine rings is 1. The zero-order chi connectivity index (χ0) is 17.7. The van der Waals surface area contributed by atoms with Gasteiger partial charge in [0, 0.05) is 48.0 Å². The van der Waals surface area contributed by atoms with Crippen molar-refractivity contribution in [1.82, 2.24) is 19.2 Å². The Morgan fingerprint density at radius 1 is 1.04 bits per heavy atom. The Hall–Kier alpha value is -1.69. The summed E-state index contributed by atoms with van der Waals surface area (Å²) >= 11 is 3.54. The third kappa shape index (κ3) is 2.79. The van der Waals surface area contributed by atoms with Crippen LogP contribution < -0.4 is 0 Å². The van der Waals surface area contributed by atoms with E-state index in [2.05, 4.69) is 85.8 Å². The maximum absolute atomic E-state index is 4.96. The van der Waals surface area contributed by atoms with Gasteiger partial charge < -0.3 is 4.40 Å². The zero-order valence-electron chi connectivity index (χ0n) is 15.0. The van der Waals surface area contributed by atoms with Gasteiger partial charge in [-0.15, -0.1) is 0 Å². The van der Waals surface area contributed by atoms with E-state index >= 15 is 0 Å². The summed E-state index contributed by atoms with van der Waals surface area (Å²) in [4.78, 5) is 10.2. The number of likely N-dealkylation sites (N-methyl/N-ethyl adjacent to an activating group) is 1. The van der Waals surface area contributed by atoms with Crippen molar-refractivity contribution in [1.29, 1.82) is 0 Å². The number of rotatable bonds is 3. The lowest BCUT2D eigenvalue weighted by Crippen LogP contribution is -2.51. The van der Waals surface area contributed by atoms with Crippen LogP contribution in [0.1, 0.15) is 18.5 Å². The Labute approximate surface area is 162 Å². The van der Waals surface area contributed by atoms with Gasteiger partial charge in [0.1, 0.15) is 5.65 Å². The van der Waals surface area contributed by atoms with Crippen LogP contribution in [-0.2, 0) is 6.54 Å². The Morgan fingerprint density at radius 3 is 2.50 bits per heavy atom. The molecule has 4 nitrogen and oxygen atoms in total. The van der Waals surface area contributed by atoms with Crippen molar-refractivity contribution in [3.63, 3.8) is 0 Å². The minimum absolute atomic E-state index is 0.712. The molecular formula is C21H23BrN4. The highest BCUT2D eigenvalue weighted by Crippen LogP contribution is 2.31. The minimum Gasteiger partial charge on any atom is -0.302 e. The maximum Gasteiger partial charge on any atom is 0.137 e. The fourth-order valence-electron chi connectivity index (χ4n) is 4.58. The molecule has 0 N–H and O–H groups in total. The number of halogens is 1. The molecule has 2 fully saturated rings. The first kappa shape index (κ1) is 16.5. The number of aromatic nitrogens is 2. The first-order chi connectivity index (χ1) is 12.7. The molecule has 2 bridgehead atoms. The monoisotopic (exact) mass is 410 g/mol. The molecule has 2 aliphatic heterocycles. The third-order valence-electron chi connectivity index (χ3n) is 6.04. The van der Waals surface area contributed by atoms with E-state index in [1.807, 2.05) is 0 Å². The number of hydrogen-bond acceptors (Lipinski definition) is 3. The molecule has 2 unspecified atom stereocenters. The van der Waals surface area contributed by atoms with Crippen molar-refractivity contribution in [3.05, 3.63) is 58.8 Å². The molecule has 1 aromatic carbocycles. The smallest absolute Gasteiger partial charge is 0.137 e. The molecule has 0 aliphatic carbocycles. The van der Waals surface area contributed by atoms with Crippen molar-refractivity contribution in [2.24, 2.45) is 0 Å². The summed E-state index contributed by atoms with van der Waals surface area (Å²) in [6.45, 7) is 3.27. The van der Waals surface area contributed by atoms with Gasteiger partial charge in [-0.25, -0.2) is 4.98 Å². The fraction of sp³-hybridized carbons (Fsp3) is 0.381. The van der Waals surface area contributed by atoms with Crippen LogP contribution >= 0.6 is 15.9 Å². The van der Waals surface area contributed by atoms with Crippen LogP contribution in [0.3, 0.4) is 0 Å². The summed E-state index contributed by atoms with van der Waals surface area (Å²) in [5, 5.41) is 0. The summed E-state index contributed by atoms with van der Waals surface area (Å²) in [6.07, 6.45) is 4.82. The standard InChI is InChI=1S/C21H23BrN4/c1-24-17-9-10-18(24)13-25(12-17)14-19-21(15-5-7-16(22)8-6-15)23-20-4-2-3-11-26(19)20/h2-8,11,17-18H,9-10,12-14H2,1H3. The molecule has 2 aliphatic rings.